The Morgan fingerprint density at radius 2 is 0.806 bits per heavy atom. The van der Waals surface area contributed by atoms with E-state index in [4.69, 9.17) is 10.2 Å². The van der Waals surface area contributed by atoms with Crippen molar-refractivity contribution in [1.29, 1.82) is 0 Å². The topological polar surface area (TPSA) is 266 Å². The summed E-state index contributed by atoms with van der Waals surface area (Å²) in [5.74, 6) is -12.7. The fourth-order valence-corrected chi connectivity index (χ4v) is 2.53. The maximum atomic E-state index is 12.0. The Bertz CT molecular complexity index is 854. The van der Waals surface area contributed by atoms with E-state index < -0.39 is 72.2 Å². The van der Waals surface area contributed by atoms with Crippen molar-refractivity contribution >= 4 is 47.5 Å². The Morgan fingerprint density at radius 1 is 0.500 bits per heavy atom. The summed E-state index contributed by atoms with van der Waals surface area (Å²) >= 11 is 0. The average molecular weight is 514 g/mol. The lowest BCUT2D eigenvalue weighted by molar-refractivity contribution is -0.156. The number of nitrogens with one attached hydrogen (secondary N) is 4. The molecule has 0 aromatic carbocycles. The molecule has 0 rings (SSSR count). The summed E-state index contributed by atoms with van der Waals surface area (Å²) in [7, 11) is 0. The Labute approximate surface area is 203 Å². The van der Waals surface area contributed by atoms with E-state index in [1.165, 1.54) is 0 Å². The normalized spacial score (nSPS) is 12.3. The van der Waals surface area contributed by atoms with Crippen LogP contribution in [0.4, 0.5) is 0 Å². The molecule has 0 saturated heterocycles. The summed E-state index contributed by atoms with van der Waals surface area (Å²) in [6.07, 6.45) is 1.14. The molecule has 2 unspecified atom stereocenters. The summed E-state index contributed by atoms with van der Waals surface area (Å²) in [6.45, 7) is -0.577. The van der Waals surface area contributed by atoms with Gasteiger partial charge in [-0.1, -0.05) is 0 Å². The van der Waals surface area contributed by atoms with Gasteiger partial charge in [-0.3, -0.25) is 28.8 Å². The van der Waals surface area contributed by atoms with Crippen LogP contribution in [0.25, 0.3) is 0 Å². The van der Waals surface area contributed by atoms with Crippen molar-refractivity contribution in [2.45, 2.75) is 12.8 Å². The number of carbonyl (C=O) groups excluding carboxylic acids is 4. The van der Waals surface area contributed by atoms with Gasteiger partial charge in [0.15, 0.2) is 0 Å². The molecule has 16 heteroatoms. The van der Waals surface area contributed by atoms with Crippen molar-refractivity contribution in [1.82, 2.24) is 21.3 Å². The lowest BCUT2D eigenvalue weighted by Crippen LogP contribution is -2.40. The molecule has 0 fully saturated rings. The number of carboxylic acid groups (broad SMARTS) is 4. The van der Waals surface area contributed by atoms with Gasteiger partial charge in [-0.15, -0.1) is 0 Å². The second-order valence-electron chi connectivity index (χ2n) is 6.92. The molecule has 0 aromatic rings. The minimum Gasteiger partial charge on any atom is -0.481 e. The highest BCUT2D eigenvalue weighted by molar-refractivity contribution is 5.94. The molecule has 0 aliphatic rings. The largest absolute Gasteiger partial charge is 0.481 e. The van der Waals surface area contributed by atoms with E-state index in [0.717, 1.165) is 12.2 Å². The molecule has 198 valence electrons. The Hall–Kier alpha value is -4.76. The third-order valence-electron chi connectivity index (χ3n) is 4.18. The molecule has 0 aromatic heterocycles. The second-order valence-corrected chi connectivity index (χ2v) is 6.92. The number of aliphatic carboxylic acids is 4. The number of hydrogen-bond acceptors (Lipinski definition) is 8. The van der Waals surface area contributed by atoms with Gasteiger partial charge in [0.25, 0.3) is 0 Å². The number of carboxylic acids is 4. The van der Waals surface area contributed by atoms with E-state index in [1.807, 2.05) is 0 Å². The summed E-state index contributed by atoms with van der Waals surface area (Å²) in [4.78, 5) is 90.5. The molecule has 8 N–H and O–H groups in total. The zero-order chi connectivity index (χ0) is 27.7. The van der Waals surface area contributed by atoms with Gasteiger partial charge >= 0.3 is 23.9 Å². The highest BCUT2D eigenvalue weighted by atomic mass is 16.4. The smallest absolute Gasteiger partial charge is 0.328 e. The van der Waals surface area contributed by atoms with E-state index >= 15 is 0 Å². The van der Waals surface area contributed by atoms with E-state index in [-0.39, 0.29) is 26.2 Å². The zero-order valence-electron chi connectivity index (χ0n) is 18.8. The Morgan fingerprint density at radius 3 is 1.08 bits per heavy atom. The van der Waals surface area contributed by atoms with Crippen LogP contribution in [0.1, 0.15) is 12.8 Å². The molecule has 0 radical (unpaired) electrons. The van der Waals surface area contributed by atoms with Crippen molar-refractivity contribution in [2.24, 2.45) is 11.8 Å². The molecular weight excluding hydrogens is 488 g/mol. The van der Waals surface area contributed by atoms with Crippen LogP contribution >= 0.6 is 0 Å². The summed E-state index contributed by atoms with van der Waals surface area (Å²) < 4.78 is 0. The van der Waals surface area contributed by atoms with Crippen LogP contribution in [0.15, 0.2) is 24.3 Å². The maximum Gasteiger partial charge on any atom is 0.328 e. The predicted molar refractivity (Wildman–Crippen MR) is 117 cm³/mol. The monoisotopic (exact) mass is 514 g/mol. The van der Waals surface area contributed by atoms with Crippen LogP contribution < -0.4 is 21.3 Å². The third-order valence-corrected chi connectivity index (χ3v) is 4.18. The van der Waals surface area contributed by atoms with E-state index in [1.54, 1.807) is 0 Å². The highest BCUT2D eigenvalue weighted by Crippen LogP contribution is 2.21. The average Bonchev–Trinajstić information content (AvgIpc) is 2.78. The molecule has 4 amide bonds. The van der Waals surface area contributed by atoms with Crippen molar-refractivity contribution in [3.05, 3.63) is 24.3 Å². The quantitative estimate of drug-likeness (QED) is 0.0709. The van der Waals surface area contributed by atoms with Gasteiger partial charge in [-0.2, -0.15) is 0 Å². The third kappa shape index (κ3) is 15.1. The van der Waals surface area contributed by atoms with Gasteiger partial charge < -0.3 is 41.7 Å². The van der Waals surface area contributed by atoms with Crippen LogP contribution in [0, 0.1) is 11.8 Å². The number of hydrogen-bond donors (Lipinski definition) is 8. The molecule has 0 heterocycles. The van der Waals surface area contributed by atoms with Gasteiger partial charge in [0.1, 0.15) is 0 Å². The molecule has 0 aliphatic heterocycles. The lowest BCUT2D eigenvalue weighted by atomic mass is 9.86. The van der Waals surface area contributed by atoms with Crippen molar-refractivity contribution in [2.75, 3.05) is 26.2 Å². The molecular formula is C20H26N4O12. The number of rotatable bonds is 17. The zero-order valence-corrected chi connectivity index (χ0v) is 18.8. The van der Waals surface area contributed by atoms with Crippen molar-refractivity contribution in [3.8, 4) is 0 Å². The molecule has 36 heavy (non-hydrogen) atoms. The first kappa shape index (κ1) is 31.2. The van der Waals surface area contributed by atoms with Crippen LogP contribution in [-0.2, 0) is 38.4 Å². The SMILES string of the molecule is O=C(O)/C=C\C(=O)NCCNC(=O)CC(C(=O)O)C(CC(=O)NCCNC(=O)/C=C\C(=O)O)C(=O)O. The summed E-state index contributed by atoms with van der Waals surface area (Å²) in [5, 5.41) is 44.6. The van der Waals surface area contributed by atoms with Gasteiger partial charge in [0.05, 0.1) is 11.8 Å². The first-order chi connectivity index (χ1) is 16.8. The number of amides is 4. The van der Waals surface area contributed by atoms with Gasteiger partial charge in [-0.25, -0.2) is 9.59 Å². The van der Waals surface area contributed by atoms with Crippen molar-refractivity contribution < 1.29 is 58.8 Å². The Balaban J connectivity index is 4.70. The van der Waals surface area contributed by atoms with Gasteiger partial charge in [0, 0.05) is 63.3 Å². The molecule has 2 atom stereocenters. The first-order valence-electron chi connectivity index (χ1n) is 10.2. The van der Waals surface area contributed by atoms with Crippen LogP contribution in [-0.4, -0.2) is 94.1 Å². The number of carbonyl (C=O) groups is 8. The fraction of sp³-hybridized carbons (Fsp3) is 0.400. The first-order valence-corrected chi connectivity index (χ1v) is 10.2. The molecule has 16 nitrogen and oxygen atoms in total. The maximum absolute atomic E-state index is 12.0. The summed E-state index contributed by atoms with van der Waals surface area (Å²) in [6, 6.07) is 0. The molecule has 0 spiro atoms. The van der Waals surface area contributed by atoms with Crippen LogP contribution in [0.3, 0.4) is 0 Å². The molecule has 0 saturated carbocycles. The minimum atomic E-state index is -1.76. The standard InChI is InChI=1S/C20H26N4O12/c25-13(1-3-17(29)30)21-5-7-23-15(27)9-11(19(33)34)12(20(35)36)10-16(28)24-8-6-22-14(26)2-4-18(31)32/h1-4,11-12H,5-10H2,(H,21,25)(H,22,26)(H,23,27)(H,24,28)(H,29,30)(H,31,32)(H,33,34)(H,35,36)/b3-1-,4-2-. The van der Waals surface area contributed by atoms with Crippen LogP contribution in [0.2, 0.25) is 0 Å². The van der Waals surface area contributed by atoms with Gasteiger partial charge in [0.2, 0.25) is 23.6 Å². The predicted octanol–water partition coefficient (Wildman–Crippen LogP) is -3.09. The van der Waals surface area contributed by atoms with E-state index in [2.05, 4.69) is 21.3 Å². The van der Waals surface area contributed by atoms with Crippen LogP contribution in [0.5, 0.6) is 0 Å². The highest BCUT2D eigenvalue weighted by Gasteiger charge is 2.36. The van der Waals surface area contributed by atoms with E-state index in [9.17, 15) is 48.6 Å². The molecule has 0 aliphatic carbocycles. The summed E-state index contributed by atoms with van der Waals surface area (Å²) in [5.41, 5.74) is 0. The van der Waals surface area contributed by atoms with Crippen molar-refractivity contribution in [3.63, 3.8) is 0 Å². The fourth-order valence-electron chi connectivity index (χ4n) is 2.53. The van der Waals surface area contributed by atoms with E-state index in [0.29, 0.717) is 12.2 Å². The van der Waals surface area contributed by atoms with Gasteiger partial charge in [-0.05, 0) is 0 Å². The lowest BCUT2D eigenvalue weighted by Gasteiger charge is -2.20. The second kappa shape index (κ2) is 16.8. The Kier molecular flexibility index (Phi) is 14.6. The molecule has 0 bridgehead atoms. The minimum absolute atomic E-state index is 0.125.